The van der Waals surface area contributed by atoms with Crippen LogP contribution in [0.15, 0.2) is 33.5 Å². The summed E-state index contributed by atoms with van der Waals surface area (Å²) in [5.74, 6) is -1.01. The van der Waals surface area contributed by atoms with Crippen LogP contribution in [0.25, 0.3) is 11.0 Å². The standard InChI is InChI=1S/C11H6BFO3/c12-5-9(14)8-3-6-1-2-7(13)4-10(6)16-11(8)15/h1-4H,5H2. The summed E-state index contributed by atoms with van der Waals surface area (Å²) in [6, 6.07) is 5.10. The molecule has 0 saturated carbocycles. The van der Waals surface area contributed by atoms with Crippen molar-refractivity contribution in [3.8, 4) is 0 Å². The molecular weight excluding hydrogens is 210 g/mol. The quantitative estimate of drug-likeness (QED) is 0.436. The summed E-state index contributed by atoms with van der Waals surface area (Å²) in [5.41, 5.74) is -0.797. The molecule has 0 spiro atoms. The van der Waals surface area contributed by atoms with Gasteiger partial charge < -0.3 is 4.42 Å². The Hall–Kier alpha value is -1.91. The predicted octanol–water partition coefficient (Wildman–Crippen LogP) is 1.70. The molecule has 0 aliphatic carbocycles. The summed E-state index contributed by atoms with van der Waals surface area (Å²) in [6.45, 7) is 0. The number of hydrogen-bond donors (Lipinski definition) is 0. The summed E-state index contributed by atoms with van der Waals surface area (Å²) in [7, 11) is 5.15. The molecule has 0 amide bonds. The van der Waals surface area contributed by atoms with Crippen molar-refractivity contribution in [3.63, 3.8) is 0 Å². The molecule has 1 aromatic heterocycles. The number of carbonyl (C=O) groups excluding carboxylic acids is 1. The van der Waals surface area contributed by atoms with Crippen molar-refractivity contribution in [3.05, 3.63) is 46.1 Å². The lowest BCUT2D eigenvalue weighted by Gasteiger charge is -1.99. The second-order valence-electron chi connectivity index (χ2n) is 3.26. The van der Waals surface area contributed by atoms with Gasteiger partial charge in [-0.05, 0) is 24.5 Å². The maximum absolute atomic E-state index is 12.8. The van der Waals surface area contributed by atoms with Crippen molar-refractivity contribution in [1.82, 2.24) is 0 Å². The van der Waals surface area contributed by atoms with Crippen LogP contribution >= 0.6 is 0 Å². The maximum Gasteiger partial charge on any atom is 0.347 e. The molecule has 0 aliphatic rings. The van der Waals surface area contributed by atoms with E-state index in [0.29, 0.717) is 5.39 Å². The third-order valence-corrected chi connectivity index (χ3v) is 2.18. The van der Waals surface area contributed by atoms with Crippen LogP contribution in [0.4, 0.5) is 4.39 Å². The second-order valence-corrected chi connectivity index (χ2v) is 3.26. The van der Waals surface area contributed by atoms with E-state index in [-0.39, 0.29) is 17.5 Å². The van der Waals surface area contributed by atoms with Gasteiger partial charge in [0.25, 0.3) is 0 Å². The van der Waals surface area contributed by atoms with Crippen LogP contribution in [0.5, 0.6) is 0 Å². The van der Waals surface area contributed by atoms with Crippen LogP contribution in [-0.2, 0) is 0 Å². The molecule has 0 saturated heterocycles. The monoisotopic (exact) mass is 216 g/mol. The van der Waals surface area contributed by atoms with E-state index >= 15 is 0 Å². The number of ketones is 1. The minimum atomic E-state index is -0.798. The molecule has 0 aliphatic heterocycles. The molecule has 1 aromatic carbocycles. The van der Waals surface area contributed by atoms with Crippen LogP contribution in [-0.4, -0.2) is 13.6 Å². The molecule has 0 fully saturated rings. The largest absolute Gasteiger partial charge is 0.422 e. The average Bonchev–Trinajstić information content (AvgIpc) is 2.27. The Morgan fingerprint density at radius 1 is 1.38 bits per heavy atom. The summed E-state index contributed by atoms with van der Waals surface area (Å²) < 4.78 is 17.7. The highest BCUT2D eigenvalue weighted by Crippen LogP contribution is 2.15. The van der Waals surface area contributed by atoms with Gasteiger partial charge in [-0.25, -0.2) is 9.18 Å². The van der Waals surface area contributed by atoms with Crippen molar-refractivity contribution in [2.75, 3.05) is 0 Å². The predicted molar refractivity (Wildman–Crippen MR) is 57.3 cm³/mol. The third-order valence-electron chi connectivity index (χ3n) is 2.18. The highest BCUT2D eigenvalue weighted by molar-refractivity contribution is 6.24. The molecule has 1 heterocycles. The zero-order valence-corrected chi connectivity index (χ0v) is 8.20. The fourth-order valence-corrected chi connectivity index (χ4v) is 1.39. The molecule has 2 radical (unpaired) electrons. The van der Waals surface area contributed by atoms with Crippen molar-refractivity contribution >= 4 is 24.6 Å². The normalized spacial score (nSPS) is 10.6. The van der Waals surface area contributed by atoms with E-state index in [9.17, 15) is 14.0 Å². The highest BCUT2D eigenvalue weighted by atomic mass is 19.1. The molecule has 0 unspecified atom stereocenters. The summed E-state index contributed by atoms with van der Waals surface area (Å²) in [5, 5.41) is 0.484. The van der Waals surface area contributed by atoms with Gasteiger partial charge in [-0.3, -0.25) is 4.79 Å². The molecule has 2 aromatic rings. The summed E-state index contributed by atoms with van der Waals surface area (Å²) in [6.07, 6.45) is -0.266. The first-order valence-corrected chi connectivity index (χ1v) is 4.58. The van der Waals surface area contributed by atoms with E-state index in [0.717, 1.165) is 6.07 Å². The summed E-state index contributed by atoms with van der Waals surface area (Å²) >= 11 is 0. The second kappa shape index (κ2) is 3.92. The first kappa shape index (κ1) is 10.6. The number of fused-ring (bicyclic) bond motifs is 1. The topological polar surface area (TPSA) is 47.3 Å². The van der Waals surface area contributed by atoms with Crippen LogP contribution in [0.3, 0.4) is 0 Å². The zero-order valence-electron chi connectivity index (χ0n) is 8.20. The third kappa shape index (κ3) is 1.76. The molecule has 16 heavy (non-hydrogen) atoms. The smallest absolute Gasteiger partial charge is 0.347 e. The van der Waals surface area contributed by atoms with Crippen LogP contribution in [0.2, 0.25) is 6.32 Å². The van der Waals surface area contributed by atoms with Crippen LogP contribution in [0.1, 0.15) is 10.4 Å². The Morgan fingerprint density at radius 3 is 2.81 bits per heavy atom. The minimum Gasteiger partial charge on any atom is -0.422 e. The lowest BCUT2D eigenvalue weighted by molar-refractivity contribution is 0.101. The van der Waals surface area contributed by atoms with Gasteiger partial charge in [-0.1, -0.05) is 0 Å². The highest BCUT2D eigenvalue weighted by Gasteiger charge is 2.11. The van der Waals surface area contributed by atoms with Gasteiger partial charge in [0.05, 0.1) is 7.85 Å². The van der Waals surface area contributed by atoms with Gasteiger partial charge in [0.15, 0.2) is 5.78 Å². The Labute approximate surface area is 91.3 Å². The molecular formula is C11H6BFO3. The molecule has 0 bridgehead atoms. The molecule has 0 N–H and O–H groups in total. The van der Waals surface area contributed by atoms with Crippen molar-refractivity contribution in [2.24, 2.45) is 0 Å². The van der Waals surface area contributed by atoms with Gasteiger partial charge in [0.2, 0.25) is 0 Å². The Bertz CT molecular complexity index is 618. The number of hydrogen-bond acceptors (Lipinski definition) is 3. The number of benzene rings is 1. The maximum atomic E-state index is 12.8. The van der Waals surface area contributed by atoms with Crippen molar-refractivity contribution in [1.29, 1.82) is 0 Å². The van der Waals surface area contributed by atoms with Crippen LogP contribution < -0.4 is 5.63 Å². The molecule has 3 nitrogen and oxygen atoms in total. The lowest BCUT2D eigenvalue weighted by atomic mass is 9.96. The fraction of sp³-hybridized carbons (Fsp3) is 0.0909. The van der Waals surface area contributed by atoms with E-state index in [1.54, 1.807) is 0 Å². The first-order chi connectivity index (χ1) is 7.61. The van der Waals surface area contributed by atoms with E-state index in [2.05, 4.69) is 0 Å². The van der Waals surface area contributed by atoms with E-state index in [4.69, 9.17) is 12.3 Å². The van der Waals surface area contributed by atoms with E-state index < -0.39 is 17.2 Å². The van der Waals surface area contributed by atoms with Gasteiger partial charge in [0.1, 0.15) is 17.0 Å². The SMILES string of the molecule is [B]CC(=O)c1cc2ccc(F)cc2oc1=O. The Balaban J connectivity index is 2.72. The minimum absolute atomic E-state index is 0.110. The molecule has 0 atom stereocenters. The Kier molecular flexibility index (Phi) is 2.60. The van der Waals surface area contributed by atoms with Gasteiger partial charge >= 0.3 is 5.63 Å². The molecule has 2 rings (SSSR count). The lowest BCUT2D eigenvalue weighted by Crippen LogP contribution is -2.13. The number of halogens is 1. The van der Waals surface area contributed by atoms with Crippen LogP contribution in [0, 0.1) is 5.82 Å². The number of rotatable bonds is 2. The number of Topliss-reactive ketones (excluding diaryl/α,β-unsaturated/α-hetero) is 1. The summed E-state index contributed by atoms with van der Waals surface area (Å²) in [4.78, 5) is 22.7. The Morgan fingerprint density at radius 2 is 2.12 bits per heavy atom. The van der Waals surface area contributed by atoms with Gasteiger partial charge in [0, 0.05) is 11.5 Å². The van der Waals surface area contributed by atoms with Gasteiger partial charge in [-0.15, -0.1) is 0 Å². The zero-order chi connectivity index (χ0) is 11.7. The molecule has 5 heteroatoms. The van der Waals surface area contributed by atoms with Gasteiger partial charge in [-0.2, -0.15) is 0 Å². The first-order valence-electron chi connectivity index (χ1n) is 4.58. The fourth-order valence-electron chi connectivity index (χ4n) is 1.39. The van der Waals surface area contributed by atoms with E-state index in [1.165, 1.54) is 18.2 Å². The van der Waals surface area contributed by atoms with Crippen molar-refractivity contribution < 1.29 is 13.6 Å². The number of carbonyl (C=O) groups is 1. The molecule has 78 valence electrons. The van der Waals surface area contributed by atoms with E-state index in [1.807, 2.05) is 0 Å². The van der Waals surface area contributed by atoms with Crippen molar-refractivity contribution in [2.45, 2.75) is 6.32 Å². The average molecular weight is 216 g/mol.